The maximum Gasteiger partial charge on any atom is 0.325 e. The van der Waals surface area contributed by atoms with Crippen molar-refractivity contribution in [3.63, 3.8) is 0 Å². The van der Waals surface area contributed by atoms with E-state index >= 15 is 0 Å². The quantitative estimate of drug-likeness (QED) is 0.702. The fourth-order valence-electron chi connectivity index (χ4n) is 3.38. The Labute approximate surface area is 168 Å². The molecular formula is C21H22ClN3O3. The second-order valence-electron chi connectivity index (χ2n) is 6.75. The van der Waals surface area contributed by atoms with E-state index < -0.39 is 23.4 Å². The number of halogens is 1. The van der Waals surface area contributed by atoms with Gasteiger partial charge in [0.1, 0.15) is 12.1 Å². The van der Waals surface area contributed by atoms with Crippen LogP contribution in [0, 0.1) is 0 Å². The molecule has 1 atom stereocenters. The van der Waals surface area contributed by atoms with Crippen molar-refractivity contribution in [1.82, 2.24) is 15.5 Å². The summed E-state index contributed by atoms with van der Waals surface area (Å²) >= 11 is 5.85. The second-order valence-corrected chi connectivity index (χ2v) is 7.18. The van der Waals surface area contributed by atoms with E-state index in [0.29, 0.717) is 24.4 Å². The Kier molecular flexibility index (Phi) is 5.99. The first kappa shape index (κ1) is 19.9. The lowest BCUT2D eigenvalue weighted by molar-refractivity contribution is -0.135. The number of hydrogen-bond acceptors (Lipinski definition) is 3. The fraction of sp³-hybridized carbons (Fsp3) is 0.286. The van der Waals surface area contributed by atoms with Crippen LogP contribution in [-0.2, 0) is 21.7 Å². The predicted octanol–water partition coefficient (Wildman–Crippen LogP) is 3.20. The normalized spacial score (nSPS) is 18.9. The Hall–Kier alpha value is -2.86. The van der Waals surface area contributed by atoms with Crippen LogP contribution in [0.2, 0.25) is 5.02 Å². The van der Waals surface area contributed by atoms with Gasteiger partial charge in [0.25, 0.3) is 5.91 Å². The van der Waals surface area contributed by atoms with Crippen molar-refractivity contribution >= 4 is 29.4 Å². The summed E-state index contributed by atoms with van der Waals surface area (Å²) in [6.07, 6.45) is 1.17. The molecule has 28 heavy (non-hydrogen) atoms. The standard InChI is InChI=1S/C21H22ClN3O3/c1-2-12-21(16-6-4-3-5-7-16)19(27)25(20(28)24-21)14-18(26)23-13-15-8-10-17(22)11-9-15/h3-11H,2,12-14H2,1H3,(H,23,26)(H,24,28)/t21-/m1/s1. The van der Waals surface area contributed by atoms with E-state index in [0.717, 1.165) is 16.0 Å². The lowest BCUT2D eigenvalue weighted by Crippen LogP contribution is -2.45. The van der Waals surface area contributed by atoms with E-state index in [4.69, 9.17) is 11.6 Å². The number of amides is 4. The van der Waals surface area contributed by atoms with Crippen LogP contribution in [0.3, 0.4) is 0 Å². The maximum absolute atomic E-state index is 13.1. The minimum atomic E-state index is -1.12. The monoisotopic (exact) mass is 399 g/mol. The average Bonchev–Trinajstić information content (AvgIpc) is 2.93. The Bertz CT molecular complexity index is 870. The number of carbonyl (C=O) groups excluding carboxylic acids is 3. The van der Waals surface area contributed by atoms with Gasteiger partial charge in [-0.3, -0.25) is 14.5 Å². The number of urea groups is 1. The van der Waals surface area contributed by atoms with Gasteiger partial charge < -0.3 is 10.6 Å². The summed E-state index contributed by atoms with van der Waals surface area (Å²) in [5, 5.41) is 6.16. The highest BCUT2D eigenvalue weighted by Crippen LogP contribution is 2.33. The molecule has 1 aliphatic rings. The zero-order valence-corrected chi connectivity index (χ0v) is 16.3. The van der Waals surface area contributed by atoms with Gasteiger partial charge in [0.2, 0.25) is 5.91 Å². The number of imide groups is 1. The number of benzene rings is 2. The van der Waals surface area contributed by atoms with Crippen molar-refractivity contribution in [2.45, 2.75) is 31.8 Å². The van der Waals surface area contributed by atoms with Crippen molar-refractivity contribution in [1.29, 1.82) is 0 Å². The van der Waals surface area contributed by atoms with Gasteiger partial charge in [0.15, 0.2) is 0 Å². The fourth-order valence-corrected chi connectivity index (χ4v) is 3.51. The topological polar surface area (TPSA) is 78.5 Å². The Morgan fingerprint density at radius 3 is 2.43 bits per heavy atom. The third kappa shape index (κ3) is 4.02. The van der Waals surface area contributed by atoms with E-state index in [1.54, 1.807) is 24.3 Å². The van der Waals surface area contributed by atoms with Crippen LogP contribution in [0.5, 0.6) is 0 Å². The SMILES string of the molecule is CCC[C@]1(c2ccccc2)NC(=O)N(CC(=O)NCc2ccc(Cl)cc2)C1=O. The van der Waals surface area contributed by atoms with Crippen LogP contribution in [0.4, 0.5) is 4.79 Å². The molecule has 2 aromatic carbocycles. The molecule has 1 aliphatic heterocycles. The van der Waals surface area contributed by atoms with Gasteiger partial charge in [-0.05, 0) is 29.7 Å². The summed E-state index contributed by atoms with van der Waals surface area (Å²) in [4.78, 5) is 38.9. The lowest BCUT2D eigenvalue weighted by atomic mass is 9.85. The van der Waals surface area contributed by atoms with Crippen LogP contribution in [0.1, 0.15) is 30.9 Å². The van der Waals surface area contributed by atoms with Crippen LogP contribution in [-0.4, -0.2) is 29.3 Å². The van der Waals surface area contributed by atoms with Crippen LogP contribution in [0.25, 0.3) is 0 Å². The summed E-state index contributed by atoms with van der Waals surface area (Å²) < 4.78 is 0. The molecule has 0 radical (unpaired) electrons. The molecule has 7 heteroatoms. The molecule has 0 bridgehead atoms. The molecule has 2 aromatic rings. The molecule has 1 saturated heterocycles. The van der Waals surface area contributed by atoms with Crippen LogP contribution in [0.15, 0.2) is 54.6 Å². The molecule has 0 saturated carbocycles. The number of nitrogens with zero attached hydrogens (tertiary/aromatic N) is 1. The van der Waals surface area contributed by atoms with E-state index in [9.17, 15) is 14.4 Å². The molecule has 1 fully saturated rings. The Morgan fingerprint density at radius 2 is 1.79 bits per heavy atom. The van der Waals surface area contributed by atoms with Gasteiger partial charge in [-0.15, -0.1) is 0 Å². The first-order valence-electron chi connectivity index (χ1n) is 9.17. The van der Waals surface area contributed by atoms with Crippen molar-refractivity contribution in [2.75, 3.05) is 6.54 Å². The Balaban J connectivity index is 1.70. The number of hydrogen-bond donors (Lipinski definition) is 2. The van der Waals surface area contributed by atoms with E-state index in [1.807, 2.05) is 37.3 Å². The minimum absolute atomic E-state index is 0.290. The number of rotatable bonds is 7. The highest BCUT2D eigenvalue weighted by atomic mass is 35.5. The van der Waals surface area contributed by atoms with Gasteiger partial charge >= 0.3 is 6.03 Å². The van der Waals surface area contributed by atoms with Crippen molar-refractivity contribution < 1.29 is 14.4 Å². The summed E-state index contributed by atoms with van der Waals surface area (Å²) in [7, 11) is 0. The third-order valence-electron chi connectivity index (χ3n) is 4.77. The molecule has 4 amide bonds. The third-order valence-corrected chi connectivity index (χ3v) is 5.02. The first-order chi connectivity index (χ1) is 13.5. The first-order valence-corrected chi connectivity index (χ1v) is 9.55. The number of carbonyl (C=O) groups is 3. The predicted molar refractivity (Wildman–Crippen MR) is 107 cm³/mol. The zero-order valence-electron chi connectivity index (χ0n) is 15.6. The van der Waals surface area contributed by atoms with Crippen molar-refractivity contribution in [2.24, 2.45) is 0 Å². The molecule has 6 nitrogen and oxygen atoms in total. The average molecular weight is 400 g/mol. The largest absolute Gasteiger partial charge is 0.350 e. The summed E-state index contributed by atoms with van der Waals surface area (Å²) in [5.41, 5.74) is 0.475. The molecular weight excluding hydrogens is 378 g/mol. The summed E-state index contributed by atoms with van der Waals surface area (Å²) in [6.45, 7) is 1.92. The van der Waals surface area contributed by atoms with Gasteiger partial charge in [0.05, 0.1) is 0 Å². The van der Waals surface area contributed by atoms with E-state index in [2.05, 4.69) is 10.6 Å². The van der Waals surface area contributed by atoms with Crippen molar-refractivity contribution in [3.8, 4) is 0 Å². The zero-order chi connectivity index (χ0) is 20.1. The highest BCUT2D eigenvalue weighted by Gasteiger charge is 2.52. The second kappa shape index (κ2) is 8.44. The molecule has 3 rings (SSSR count). The Morgan fingerprint density at radius 1 is 1.11 bits per heavy atom. The number of nitrogens with one attached hydrogen (secondary N) is 2. The molecule has 2 N–H and O–H groups in total. The minimum Gasteiger partial charge on any atom is -0.350 e. The maximum atomic E-state index is 13.1. The highest BCUT2D eigenvalue weighted by molar-refractivity contribution is 6.30. The van der Waals surface area contributed by atoms with Gasteiger partial charge in [0, 0.05) is 11.6 Å². The van der Waals surface area contributed by atoms with Crippen LogP contribution >= 0.6 is 11.6 Å². The van der Waals surface area contributed by atoms with E-state index in [-0.39, 0.29) is 6.54 Å². The van der Waals surface area contributed by atoms with Gasteiger partial charge in [-0.1, -0.05) is 67.4 Å². The van der Waals surface area contributed by atoms with Gasteiger partial charge in [-0.25, -0.2) is 4.79 Å². The molecule has 0 aromatic heterocycles. The lowest BCUT2D eigenvalue weighted by Gasteiger charge is -2.26. The summed E-state index contributed by atoms with van der Waals surface area (Å²) in [6, 6.07) is 15.7. The molecule has 0 spiro atoms. The van der Waals surface area contributed by atoms with Crippen molar-refractivity contribution in [3.05, 3.63) is 70.7 Å². The molecule has 1 heterocycles. The van der Waals surface area contributed by atoms with Gasteiger partial charge in [-0.2, -0.15) is 0 Å². The smallest absolute Gasteiger partial charge is 0.325 e. The van der Waals surface area contributed by atoms with E-state index in [1.165, 1.54) is 0 Å². The molecule has 0 aliphatic carbocycles. The summed E-state index contributed by atoms with van der Waals surface area (Å²) in [5.74, 6) is -0.800. The molecule has 146 valence electrons. The molecule has 0 unspecified atom stereocenters. The van der Waals surface area contributed by atoms with Crippen LogP contribution < -0.4 is 10.6 Å².